The van der Waals surface area contributed by atoms with Gasteiger partial charge >= 0.3 is 0 Å². The summed E-state index contributed by atoms with van der Waals surface area (Å²) in [6, 6.07) is 4.94. The van der Waals surface area contributed by atoms with Crippen LogP contribution in [0.1, 0.15) is 24.7 Å². The van der Waals surface area contributed by atoms with Gasteiger partial charge in [-0.25, -0.2) is 24.6 Å². The van der Waals surface area contributed by atoms with Gasteiger partial charge in [0.1, 0.15) is 29.1 Å². The zero-order chi connectivity index (χ0) is 15.2. The number of hydrazine groups is 1. The van der Waals surface area contributed by atoms with Crippen LogP contribution in [0.2, 0.25) is 0 Å². The van der Waals surface area contributed by atoms with Gasteiger partial charge < -0.3 is 10.7 Å². The van der Waals surface area contributed by atoms with E-state index in [1.54, 1.807) is 6.07 Å². The molecular weight excluding hydrogens is 276 g/mol. The highest BCUT2D eigenvalue weighted by atomic mass is 19.1. The topological polar surface area (TPSA) is 75.9 Å². The number of nitrogens with one attached hydrogen (secondary N) is 2. The van der Waals surface area contributed by atoms with Gasteiger partial charge in [0.15, 0.2) is 0 Å². The summed E-state index contributed by atoms with van der Waals surface area (Å²) in [5, 5.41) is 2.95. The van der Waals surface area contributed by atoms with Gasteiger partial charge in [0.05, 0.1) is 0 Å². The minimum Gasteiger partial charge on any atom is -0.366 e. The SMILES string of the molecule is CCCc1nc(NN)cc(NCc2cc(F)ccc2F)n1. The minimum atomic E-state index is -0.480. The molecule has 0 atom stereocenters. The highest BCUT2D eigenvalue weighted by molar-refractivity contribution is 5.47. The molecule has 0 saturated carbocycles. The van der Waals surface area contributed by atoms with E-state index < -0.39 is 11.6 Å². The fourth-order valence-corrected chi connectivity index (χ4v) is 1.86. The molecule has 21 heavy (non-hydrogen) atoms. The third-order valence-corrected chi connectivity index (χ3v) is 2.86. The van der Waals surface area contributed by atoms with Gasteiger partial charge in [-0.05, 0) is 24.6 Å². The summed E-state index contributed by atoms with van der Waals surface area (Å²) in [5.41, 5.74) is 2.69. The first-order valence-electron chi connectivity index (χ1n) is 6.64. The molecule has 1 heterocycles. The van der Waals surface area contributed by atoms with Crippen molar-refractivity contribution in [3.8, 4) is 0 Å². The Bertz CT molecular complexity index is 618. The Hall–Kier alpha value is -2.28. The number of aromatic nitrogens is 2. The number of benzene rings is 1. The fraction of sp³-hybridized carbons (Fsp3) is 0.286. The van der Waals surface area contributed by atoms with Crippen molar-refractivity contribution in [1.82, 2.24) is 9.97 Å². The van der Waals surface area contributed by atoms with E-state index in [4.69, 9.17) is 5.84 Å². The summed E-state index contributed by atoms with van der Waals surface area (Å²) in [4.78, 5) is 8.51. The number of hydrogen-bond donors (Lipinski definition) is 3. The summed E-state index contributed by atoms with van der Waals surface area (Å²) >= 11 is 0. The number of anilines is 2. The van der Waals surface area contributed by atoms with Gasteiger partial charge in [-0.1, -0.05) is 6.92 Å². The number of nitrogens with zero attached hydrogens (tertiary/aromatic N) is 2. The lowest BCUT2D eigenvalue weighted by molar-refractivity contribution is 0.587. The van der Waals surface area contributed by atoms with E-state index in [0.717, 1.165) is 24.6 Å². The van der Waals surface area contributed by atoms with Crippen molar-refractivity contribution in [2.75, 3.05) is 10.7 Å². The van der Waals surface area contributed by atoms with Crippen molar-refractivity contribution in [3.05, 3.63) is 47.3 Å². The quantitative estimate of drug-likeness (QED) is 0.564. The monoisotopic (exact) mass is 293 g/mol. The maximum atomic E-state index is 13.5. The van der Waals surface area contributed by atoms with Crippen LogP contribution in [0, 0.1) is 11.6 Å². The van der Waals surface area contributed by atoms with Crippen molar-refractivity contribution in [2.24, 2.45) is 5.84 Å². The van der Waals surface area contributed by atoms with Crippen LogP contribution in [0.3, 0.4) is 0 Å². The minimum absolute atomic E-state index is 0.121. The van der Waals surface area contributed by atoms with Gasteiger partial charge in [0, 0.05) is 24.6 Å². The predicted molar refractivity (Wildman–Crippen MR) is 77.5 cm³/mol. The van der Waals surface area contributed by atoms with Gasteiger partial charge in [-0.2, -0.15) is 0 Å². The number of nitrogen functional groups attached to an aromatic ring is 1. The van der Waals surface area contributed by atoms with Gasteiger partial charge in [-0.3, -0.25) is 0 Å². The third kappa shape index (κ3) is 4.09. The summed E-state index contributed by atoms with van der Waals surface area (Å²) in [5.74, 6) is 6.02. The van der Waals surface area contributed by atoms with Crippen LogP contribution < -0.4 is 16.6 Å². The number of hydrogen-bond acceptors (Lipinski definition) is 5. The highest BCUT2D eigenvalue weighted by Gasteiger charge is 2.06. The molecule has 0 fully saturated rings. The molecular formula is C14H17F2N5. The molecule has 2 aromatic rings. The first-order valence-corrected chi connectivity index (χ1v) is 6.64. The lowest BCUT2D eigenvalue weighted by atomic mass is 10.2. The van der Waals surface area contributed by atoms with E-state index >= 15 is 0 Å². The molecule has 0 bridgehead atoms. The van der Waals surface area contributed by atoms with E-state index in [-0.39, 0.29) is 12.1 Å². The lowest BCUT2D eigenvalue weighted by Gasteiger charge is -2.10. The van der Waals surface area contributed by atoms with E-state index in [2.05, 4.69) is 20.7 Å². The van der Waals surface area contributed by atoms with Crippen LogP contribution in [0.4, 0.5) is 20.4 Å². The Labute approximate surface area is 121 Å². The third-order valence-electron chi connectivity index (χ3n) is 2.86. The molecule has 0 aliphatic rings. The molecule has 0 aliphatic carbocycles. The fourth-order valence-electron chi connectivity index (χ4n) is 1.86. The maximum absolute atomic E-state index is 13.5. The summed E-state index contributed by atoms with van der Waals surface area (Å²) in [7, 11) is 0. The van der Waals surface area contributed by atoms with E-state index in [9.17, 15) is 8.78 Å². The van der Waals surface area contributed by atoms with Gasteiger partial charge in [-0.15, -0.1) is 0 Å². The Kier molecular flexibility index (Phi) is 4.99. The van der Waals surface area contributed by atoms with Crippen LogP contribution in [0.15, 0.2) is 24.3 Å². The van der Waals surface area contributed by atoms with Crippen LogP contribution >= 0.6 is 0 Å². The van der Waals surface area contributed by atoms with Gasteiger partial charge in [0.2, 0.25) is 0 Å². The average molecular weight is 293 g/mol. The Morgan fingerprint density at radius 2 is 1.90 bits per heavy atom. The normalized spacial score (nSPS) is 10.5. The van der Waals surface area contributed by atoms with E-state index in [1.807, 2.05) is 6.92 Å². The molecule has 0 aliphatic heterocycles. The van der Waals surface area contributed by atoms with Crippen LogP contribution in [-0.4, -0.2) is 9.97 Å². The number of halogens is 2. The van der Waals surface area contributed by atoms with Crippen molar-refractivity contribution in [2.45, 2.75) is 26.3 Å². The molecule has 7 heteroatoms. The van der Waals surface area contributed by atoms with Crippen molar-refractivity contribution < 1.29 is 8.78 Å². The molecule has 112 valence electrons. The molecule has 5 nitrogen and oxygen atoms in total. The molecule has 0 saturated heterocycles. The largest absolute Gasteiger partial charge is 0.366 e. The van der Waals surface area contributed by atoms with Crippen LogP contribution in [0.25, 0.3) is 0 Å². The second-order valence-corrected chi connectivity index (χ2v) is 4.54. The molecule has 0 amide bonds. The van der Waals surface area contributed by atoms with Crippen molar-refractivity contribution in [3.63, 3.8) is 0 Å². The highest BCUT2D eigenvalue weighted by Crippen LogP contribution is 2.15. The van der Waals surface area contributed by atoms with Crippen LogP contribution in [-0.2, 0) is 13.0 Å². The van der Waals surface area contributed by atoms with Gasteiger partial charge in [0.25, 0.3) is 0 Å². The summed E-state index contributed by atoms with van der Waals surface area (Å²) in [6.45, 7) is 2.14. The summed E-state index contributed by atoms with van der Waals surface area (Å²) in [6.07, 6.45) is 1.60. The van der Waals surface area contributed by atoms with Crippen LogP contribution in [0.5, 0.6) is 0 Å². The Balaban J connectivity index is 2.15. The molecule has 2 rings (SSSR count). The second kappa shape index (κ2) is 6.94. The average Bonchev–Trinajstić information content (AvgIpc) is 2.48. The zero-order valence-electron chi connectivity index (χ0n) is 11.7. The van der Waals surface area contributed by atoms with Crippen molar-refractivity contribution in [1.29, 1.82) is 0 Å². The maximum Gasteiger partial charge on any atom is 0.145 e. The van der Waals surface area contributed by atoms with E-state index in [1.165, 1.54) is 0 Å². The second-order valence-electron chi connectivity index (χ2n) is 4.54. The Morgan fingerprint density at radius 1 is 1.14 bits per heavy atom. The molecule has 4 N–H and O–H groups in total. The molecule has 1 aromatic carbocycles. The first-order chi connectivity index (χ1) is 10.1. The molecule has 1 aromatic heterocycles. The standard InChI is InChI=1S/C14H17F2N5/c1-2-3-12-19-13(7-14(20-12)21-17)18-8-9-6-10(15)4-5-11(9)16/h4-7H,2-3,8,17H2,1H3,(H2,18,19,20,21). The lowest BCUT2D eigenvalue weighted by Crippen LogP contribution is -2.12. The number of aryl methyl sites for hydroxylation is 1. The Morgan fingerprint density at radius 3 is 2.62 bits per heavy atom. The molecule has 0 unspecified atom stereocenters. The van der Waals surface area contributed by atoms with E-state index in [0.29, 0.717) is 23.9 Å². The summed E-state index contributed by atoms with van der Waals surface area (Å²) < 4.78 is 26.7. The number of rotatable bonds is 6. The molecule has 0 radical (unpaired) electrons. The predicted octanol–water partition coefficient (Wildman–Crippen LogP) is 2.61. The smallest absolute Gasteiger partial charge is 0.145 e. The zero-order valence-corrected chi connectivity index (χ0v) is 11.7. The number of nitrogens with two attached hydrogens (primary N) is 1. The molecule has 0 spiro atoms. The first kappa shape index (κ1) is 15.1. The van der Waals surface area contributed by atoms with Crippen molar-refractivity contribution >= 4 is 11.6 Å².